The first-order chi connectivity index (χ1) is 28.2. The minimum Gasteiger partial charge on any atom is -0.456 e. The van der Waals surface area contributed by atoms with E-state index in [1.807, 2.05) is 29.5 Å². The average molecular weight is 749 g/mol. The Bertz CT molecular complexity index is 3450. The van der Waals surface area contributed by atoms with E-state index in [2.05, 4.69) is 174 Å². The predicted molar refractivity (Wildman–Crippen MR) is 238 cm³/mol. The van der Waals surface area contributed by atoms with Crippen LogP contribution in [0.4, 0.5) is 0 Å². The van der Waals surface area contributed by atoms with E-state index in [-0.39, 0.29) is 0 Å². The zero-order valence-corrected chi connectivity index (χ0v) is 31.4. The molecule has 0 aliphatic carbocycles. The van der Waals surface area contributed by atoms with Gasteiger partial charge in [-0.25, -0.2) is 9.98 Å². The summed E-state index contributed by atoms with van der Waals surface area (Å²) in [5.41, 5.74) is 10.6. The number of aliphatic imine (C=N–C) groups is 2. The third-order valence-electron chi connectivity index (χ3n) is 11.3. The van der Waals surface area contributed by atoms with Crippen molar-refractivity contribution in [3.8, 4) is 16.8 Å². The van der Waals surface area contributed by atoms with Crippen molar-refractivity contribution in [2.24, 2.45) is 9.98 Å². The van der Waals surface area contributed by atoms with Gasteiger partial charge < -0.3 is 14.3 Å². The average Bonchev–Trinajstić information content (AvgIpc) is 3.96. The van der Waals surface area contributed by atoms with Crippen molar-refractivity contribution < 1.29 is 4.42 Å². The molecule has 0 radical (unpaired) electrons. The topological polar surface area (TPSA) is 54.8 Å². The van der Waals surface area contributed by atoms with Crippen LogP contribution in [0.15, 0.2) is 196 Å². The van der Waals surface area contributed by atoms with Crippen molar-refractivity contribution in [2.75, 3.05) is 0 Å². The number of hydrogen-bond donors (Lipinski definition) is 1. The Balaban J connectivity index is 1.07. The van der Waals surface area contributed by atoms with Crippen LogP contribution in [0.3, 0.4) is 0 Å². The molecular weight excluding hydrogens is 717 g/mol. The Morgan fingerprint density at radius 3 is 1.93 bits per heavy atom. The summed E-state index contributed by atoms with van der Waals surface area (Å²) in [6.45, 7) is 0. The Kier molecular flexibility index (Phi) is 7.09. The number of aromatic nitrogens is 1. The summed E-state index contributed by atoms with van der Waals surface area (Å²) in [4.78, 5) is 10.8. The molecule has 1 atom stereocenters. The van der Waals surface area contributed by atoms with Gasteiger partial charge in [-0.15, -0.1) is 11.3 Å². The number of fused-ring (bicyclic) bond motifs is 10. The van der Waals surface area contributed by atoms with Crippen LogP contribution in [0, 0.1) is 0 Å². The van der Waals surface area contributed by atoms with Crippen molar-refractivity contribution in [1.82, 2.24) is 9.88 Å². The minimum atomic E-state index is -0.491. The molecule has 1 N–H and O–H groups in total. The molecule has 12 rings (SSSR count). The van der Waals surface area contributed by atoms with Crippen molar-refractivity contribution in [1.29, 1.82) is 0 Å². The van der Waals surface area contributed by atoms with Gasteiger partial charge in [0.2, 0.25) is 0 Å². The molecule has 0 saturated heterocycles. The Morgan fingerprint density at radius 2 is 1.07 bits per heavy atom. The molecule has 268 valence electrons. The fraction of sp³-hybridized carbons (Fsp3) is 0.0196. The van der Waals surface area contributed by atoms with Gasteiger partial charge in [0.1, 0.15) is 22.8 Å². The highest BCUT2D eigenvalue weighted by Gasteiger charge is 2.25. The van der Waals surface area contributed by atoms with Crippen molar-refractivity contribution in [3.05, 3.63) is 199 Å². The Hall–Kier alpha value is -7.28. The van der Waals surface area contributed by atoms with E-state index in [0.29, 0.717) is 0 Å². The van der Waals surface area contributed by atoms with Crippen LogP contribution in [-0.2, 0) is 0 Å². The highest BCUT2D eigenvalue weighted by Crippen LogP contribution is 2.45. The number of thiophene rings is 1. The summed E-state index contributed by atoms with van der Waals surface area (Å²) in [5.74, 6) is 1.53. The van der Waals surface area contributed by atoms with Gasteiger partial charge in [-0.1, -0.05) is 140 Å². The highest BCUT2D eigenvalue weighted by atomic mass is 32.1. The first-order valence-electron chi connectivity index (χ1n) is 19.2. The maximum absolute atomic E-state index is 6.35. The van der Waals surface area contributed by atoms with E-state index in [4.69, 9.17) is 14.4 Å². The molecule has 1 aliphatic rings. The van der Waals surface area contributed by atoms with Gasteiger partial charge in [-0.05, 0) is 53.6 Å². The molecule has 5 nitrogen and oxygen atoms in total. The normalized spacial score (nSPS) is 14.5. The zero-order valence-electron chi connectivity index (χ0n) is 30.6. The molecule has 0 bridgehead atoms. The zero-order chi connectivity index (χ0) is 37.5. The van der Waals surface area contributed by atoms with E-state index in [1.165, 1.54) is 42.0 Å². The lowest BCUT2D eigenvalue weighted by Gasteiger charge is -2.23. The van der Waals surface area contributed by atoms with Gasteiger partial charge in [0.25, 0.3) is 0 Å². The number of amidine groups is 2. The van der Waals surface area contributed by atoms with E-state index >= 15 is 0 Å². The first-order valence-corrected chi connectivity index (χ1v) is 20.0. The molecule has 1 unspecified atom stereocenters. The molecule has 8 aromatic carbocycles. The molecule has 0 saturated carbocycles. The van der Waals surface area contributed by atoms with E-state index < -0.39 is 6.17 Å². The lowest BCUT2D eigenvalue weighted by Crippen LogP contribution is -2.36. The fourth-order valence-electron chi connectivity index (χ4n) is 8.61. The van der Waals surface area contributed by atoms with Crippen molar-refractivity contribution in [2.45, 2.75) is 6.17 Å². The Morgan fingerprint density at radius 1 is 0.456 bits per heavy atom. The number of furan rings is 1. The molecule has 11 aromatic rings. The third-order valence-corrected chi connectivity index (χ3v) is 12.5. The second kappa shape index (κ2) is 12.6. The lowest BCUT2D eigenvalue weighted by atomic mass is 10.0. The molecule has 0 spiro atoms. The maximum Gasteiger partial charge on any atom is 0.171 e. The number of para-hydroxylation sites is 3. The number of nitrogens with one attached hydrogen (secondary N) is 1. The van der Waals surface area contributed by atoms with Crippen molar-refractivity contribution in [3.63, 3.8) is 0 Å². The molecule has 3 aromatic heterocycles. The van der Waals surface area contributed by atoms with Crippen LogP contribution in [-0.4, -0.2) is 16.2 Å². The SMILES string of the molecule is c1ccc(-c2cccc(C3=NC(c4cccc5c4sc4c5ccc5c6ccccc6n(-c6ccccc6)c54)N=C(c4ccc5c(c4)oc4ccccc45)N3)c2)cc1. The Labute approximate surface area is 331 Å². The van der Waals surface area contributed by atoms with E-state index in [0.717, 1.165) is 67.1 Å². The smallest absolute Gasteiger partial charge is 0.171 e. The molecule has 6 heteroatoms. The molecular formula is C51H32N4OS. The molecule has 57 heavy (non-hydrogen) atoms. The standard InChI is InChI=1S/C51H32N4OS/c1-3-13-31(14-4-1)32-15-11-16-33(29-32)49-52-50(34-25-26-38-37-20-8-10-24-44(37)56-45(38)30-34)54-51(53-49)42-22-12-21-40-41-28-27-39-36-19-7-9-23-43(36)55(35-17-5-2-6-18-35)46(39)48(41)57-47(40)42/h1-30,51H,(H,52,53,54). The van der Waals surface area contributed by atoms with Crippen LogP contribution in [0.25, 0.3) is 80.7 Å². The lowest BCUT2D eigenvalue weighted by molar-refractivity contribution is 0.668. The number of benzene rings is 8. The third kappa shape index (κ3) is 5.08. The molecule has 1 aliphatic heterocycles. The van der Waals surface area contributed by atoms with Gasteiger partial charge in [-0.3, -0.25) is 0 Å². The number of rotatable bonds is 5. The van der Waals surface area contributed by atoms with Crippen LogP contribution in [0.5, 0.6) is 0 Å². The quantitative estimate of drug-likeness (QED) is 0.191. The maximum atomic E-state index is 6.35. The molecule has 0 amide bonds. The highest BCUT2D eigenvalue weighted by molar-refractivity contribution is 7.26. The molecule has 0 fully saturated rings. The van der Waals surface area contributed by atoms with Crippen LogP contribution in [0.2, 0.25) is 0 Å². The summed E-state index contributed by atoms with van der Waals surface area (Å²) in [5, 5.41) is 10.8. The molecule has 4 heterocycles. The number of nitrogens with zero attached hydrogens (tertiary/aromatic N) is 3. The summed E-state index contributed by atoms with van der Waals surface area (Å²) in [7, 11) is 0. The monoisotopic (exact) mass is 748 g/mol. The summed E-state index contributed by atoms with van der Waals surface area (Å²) in [6.07, 6.45) is -0.491. The van der Waals surface area contributed by atoms with Gasteiger partial charge in [-0.2, -0.15) is 0 Å². The summed E-state index contributed by atoms with van der Waals surface area (Å²) in [6, 6.07) is 64.2. The number of hydrogen-bond acceptors (Lipinski definition) is 5. The minimum absolute atomic E-state index is 0.491. The van der Waals surface area contributed by atoms with Gasteiger partial charge in [0, 0.05) is 59.4 Å². The van der Waals surface area contributed by atoms with E-state index in [1.54, 1.807) is 0 Å². The van der Waals surface area contributed by atoms with Crippen LogP contribution >= 0.6 is 11.3 Å². The van der Waals surface area contributed by atoms with Crippen molar-refractivity contribution >= 4 is 86.9 Å². The van der Waals surface area contributed by atoms with Crippen LogP contribution < -0.4 is 5.32 Å². The van der Waals surface area contributed by atoms with Gasteiger partial charge in [0.05, 0.1) is 15.7 Å². The fourth-order valence-corrected chi connectivity index (χ4v) is 9.98. The second-order valence-corrected chi connectivity index (χ2v) is 15.6. The van der Waals surface area contributed by atoms with Gasteiger partial charge >= 0.3 is 0 Å². The van der Waals surface area contributed by atoms with Crippen LogP contribution in [0.1, 0.15) is 22.9 Å². The predicted octanol–water partition coefficient (Wildman–Crippen LogP) is 13.2. The van der Waals surface area contributed by atoms with E-state index in [9.17, 15) is 0 Å². The van der Waals surface area contributed by atoms with Gasteiger partial charge in [0.15, 0.2) is 6.17 Å². The second-order valence-electron chi connectivity index (χ2n) is 14.6. The largest absolute Gasteiger partial charge is 0.456 e. The summed E-state index contributed by atoms with van der Waals surface area (Å²) >= 11 is 1.84. The first kappa shape index (κ1) is 32.0. The summed E-state index contributed by atoms with van der Waals surface area (Å²) < 4.78 is 11.2.